The number of amides is 2. The van der Waals surface area contributed by atoms with E-state index in [0.29, 0.717) is 29.5 Å². The van der Waals surface area contributed by atoms with Crippen molar-refractivity contribution in [3.05, 3.63) is 36.0 Å². The Morgan fingerprint density at radius 1 is 1.09 bits per heavy atom. The molecule has 7 nitrogen and oxygen atoms in total. The second-order valence-electron chi connectivity index (χ2n) is 5.16. The number of aryl methyl sites for hydroxylation is 2. The van der Waals surface area contributed by atoms with Crippen molar-refractivity contribution in [3.8, 4) is 0 Å². The maximum Gasteiger partial charge on any atom is 0.227 e. The number of nitrogens with one attached hydrogen (secondary N) is 2. The van der Waals surface area contributed by atoms with Crippen LogP contribution in [0.5, 0.6) is 0 Å². The summed E-state index contributed by atoms with van der Waals surface area (Å²) in [4.78, 5) is 27.1. The van der Waals surface area contributed by atoms with Crippen LogP contribution in [0.15, 0.2) is 28.8 Å². The third-order valence-corrected chi connectivity index (χ3v) is 3.04. The smallest absolute Gasteiger partial charge is 0.227 e. The van der Waals surface area contributed by atoms with Gasteiger partial charge >= 0.3 is 0 Å². The molecule has 0 aliphatic carbocycles. The maximum absolute atomic E-state index is 11.9. The number of hydrogen-bond acceptors (Lipinski definition) is 5. The van der Waals surface area contributed by atoms with Gasteiger partial charge in [-0.15, -0.1) is 0 Å². The molecule has 0 saturated carbocycles. The average Bonchev–Trinajstić information content (AvgIpc) is 2.95. The number of aromatic nitrogens is 2. The SMILES string of the molecule is CCCc1noc(CCC(=O)Nc2ccc(NC(C)=O)cc2)n1. The quantitative estimate of drug-likeness (QED) is 0.818. The van der Waals surface area contributed by atoms with Crippen molar-refractivity contribution in [2.45, 2.75) is 39.5 Å². The summed E-state index contributed by atoms with van der Waals surface area (Å²) in [6.45, 7) is 3.49. The summed E-state index contributed by atoms with van der Waals surface area (Å²) in [5.74, 6) is 0.886. The number of anilines is 2. The van der Waals surface area contributed by atoms with E-state index in [1.54, 1.807) is 24.3 Å². The van der Waals surface area contributed by atoms with E-state index in [2.05, 4.69) is 20.8 Å². The minimum atomic E-state index is -0.135. The van der Waals surface area contributed by atoms with Gasteiger partial charge in [-0.3, -0.25) is 9.59 Å². The molecule has 0 aliphatic rings. The van der Waals surface area contributed by atoms with Crippen LogP contribution in [0, 0.1) is 0 Å². The van der Waals surface area contributed by atoms with Gasteiger partial charge in [0, 0.05) is 37.6 Å². The van der Waals surface area contributed by atoms with E-state index in [-0.39, 0.29) is 18.2 Å². The van der Waals surface area contributed by atoms with Gasteiger partial charge in [0.2, 0.25) is 17.7 Å². The normalized spacial score (nSPS) is 10.3. The predicted octanol–water partition coefficient (Wildman–Crippen LogP) is 2.55. The molecule has 0 atom stereocenters. The number of nitrogens with zero attached hydrogens (tertiary/aromatic N) is 2. The van der Waals surface area contributed by atoms with Crippen molar-refractivity contribution in [1.29, 1.82) is 0 Å². The van der Waals surface area contributed by atoms with Gasteiger partial charge in [0.25, 0.3) is 0 Å². The van der Waals surface area contributed by atoms with Gasteiger partial charge in [-0.25, -0.2) is 0 Å². The molecule has 122 valence electrons. The third-order valence-electron chi connectivity index (χ3n) is 3.04. The first kappa shape index (κ1) is 16.7. The molecular formula is C16H20N4O3. The molecule has 2 rings (SSSR count). The monoisotopic (exact) mass is 316 g/mol. The molecule has 1 heterocycles. The number of benzene rings is 1. The topological polar surface area (TPSA) is 97.1 Å². The highest BCUT2D eigenvalue weighted by molar-refractivity contribution is 5.92. The van der Waals surface area contributed by atoms with Gasteiger partial charge in [-0.2, -0.15) is 4.98 Å². The summed E-state index contributed by atoms with van der Waals surface area (Å²) in [7, 11) is 0. The summed E-state index contributed by atoms with van der Waals surface area (Å²) in [5.41, 5.74) is 1.35. The van der Waals surface area contributed by atoms with Crippen LogP contribution in [0.4, 0.5) is 11.4 Å². The van der Waals surface area contributed by atoms with Crippen molar-refractivity contribution >= 4 is 23.2 Å². The van der Waals surface area contributed by atoms with Crippen LogP contribution >= 0.6 is 0 Å². The highest BCUT2D eigenvalue weighted by Gasteiger charge is 2.09. The minimum absolute atomic E-state index is 0.132. The molecule has 0 bridgehead atoms. The van der Waals surface area contributed by atoms with Gasteiger partial charge < -0.3 is 15.2 Å². The molecule has 0 radical (unpaired) electrons. The first-order valence-electron chi connectivity index (χ1n) is 7.55. The Labute approximate surface area is 134 Å². The van der Waals surface area contributed by atoms with Gasteiger partial charge in [0.05, 0.1) is 0 Å². The summed E-state index contributed by atoms with van der Waals surface area (Å²) in [6.07, 6.45) is 2.40. The highest BCUT2D eigenvalue weighted by atomic mass is 16.5. The largest absolute Gasteiger partial charge is 0.339 e. The molecule has 1 aromatic carbocycles. The molecule has 0 fully saturated rings. The molecule has 0 spiro atoms. The lowest BCUT2D eigenvalue weighted by atomic mass is 10.2. The van der Waals surface area contributed by atoms with Crippen LogP contribution in [0.25, 0.3) is 0 Å². The van der Waals surface area contributed by atoms with E-state index in [1.165, 1.54) is 6.92 Å². The number of hydrogen-bond donors (Lipinski definition) is 2. The Morgan fingerprint density at radius 2 is 1.74 bits per heavy atom. The molecule has 1 aromatic heterocycles. The summed E-state index contributed by atoms with van der Waals surface area (Å²) in [6, 6.07) is 6.92. The lowest BCUT2D eigenvalue weighted by Gasteiger charge is -2.06. The molecule has 2 aromatic rings. The van der Waals surface area contributed by atoms with Crippen LogP contribution in [0.1, 0.15) is 38.4 Å². The van der Waals surface area contributed by atoms with E-state index >= 15 is 0 Å². The van der Waals surface area contributed by atoms with Crippen molar-refractivity contribution in [3.63, 3.8) is 0 Å². The van der Waals surface area contributed by atoms with E-state index in [0.717, 1.165) is 12.8 Å². The minimum Gasteiger partial charge on any atom is -0.339 e. The van der Waals surface area contributed by atoms with Gasteiger partial charge in [-0.1, -0.05) is 12.1 Å². The van der Waals surface area contributed by atoms with Crippen molar-refractivity contribution in [2.75, 3.05) is 10.6 Å². The molecule has 2 amide bonds. The zero-order chi connectivity index (χ0) is 16.7. The average molecular weight is 316 g/mol. The summed E-state index contributed by atoms with van der Waals surface area (Å²) >= 11 is 0. The fourth-order valence-corrected chi connectivity index (χ4v) is 2.00. The van der Waals surface area contributed by atoms with Crippen LogP contribution < -0.4 is 10.6 Å². The number of carbonyl (C=O) groups excluding carboxylic acids is 2. The molecule has 0 unspecified atom stereocenters. The van der Waals surface area contributed by atoms with Crippen LogP contribution in [0.2, 0.25) is 0 Å². The van der Waals surface area contributed by atoms with Crippen LogP contribution in [-0.4, -0.2) is 22.0 Å². The van der Waals surface area contributed by atoms with E-state index in [1.807, 2.05) is 6.92 Å². The first-order chi connectivity index (χ1) is 11.1. The first-order valence-corrected chi connectivity index (χ1v) is 7.55. The van der Waals surface area contributed by atoms with Crippen molar-refractivity contribution in [2.24, 2.45) is 0 Å². The number of carbonyl (C=O) groups is 2. The predicted molar refractivity (Wildman–Crippen MR) is 86.0 cm³/mol. The Bertz CT molecular complexity index is 664. The van der Waals surface area contributed by atoms with Gasteiger partial charge in [-0.05, 0) is 30.7 Å². The maximum atomic E-state index is 11.9. The molecule has 7 heteroatoms. The Balaban J connectivity index is 1.80. The number of rotatable bonds is 7. The van der Waals surface area contributed by atoms with Crippen molar-refractivity contribution in [1.82, 2.24) is 10.1 Å². The molecular weight excluding hydrogens is 296 g/mol. The molecule has 23 heavy (non-hydrogen) atoms. The van der Waals surface area contributed by atoms with E-state index in [4.69, 9.17) is 4.52 Å². The third kappa shape index (κ3) is 5.54. The molecule has 2 N–H and O–H groups in total. The molecule has 0 aliphatic heterocycles. The fourth-order valence-electron chi connectivity index (χ4n) is 2.00. The van der Waals surface area contributed by atoms with Gasteiger partial charge in [0.15, 0.2) is 5.82 Å². The second kappa shape index (κ2) is 8.07. The molecule has 0 saturated heterocycles. The van der Waals surface area contributed by atoms with Crippen LogP contribution in [-0.2, 0) is 22.4 Å². The Morgan fingerprint density at radius 3 is 2.35 bits per heavy atom. The van der Waals surface area contributed by atoms with E-state index < -0.39 is 0 Å². The van der Waals surface area contributed by atoms with Gasteiger partial charge in [0.1, 0.15) is 0 Å². The van der Waals surface area contributed by atoms with Crippen LogP contribution in [0.3, 0.4) is 0 Å². The lowest BCUT2D eigenvalue weighted by molar-refractivity contribution is -0.116. The summed E-state index contributed by atoms with van der Waals surface area (Å²) in [5, 5.41) is 9.30. The van der Waals surface area contributed by atoms with E-state index in [9.17, 15) is 9.59 Å². The fraction of sp³-hybridized carbons (Fsp3) is 0.375. The standard InChI is InChI=1S/C16H20N4O3/c1-3-4-14-19-16(23-20-14)10-9-15(22)18-13-7-5-12(6-8-13)17-11(2)21/h5-8H,3-4,9-10H2,1-2H3,(H,17,21)(H,18,22). The lowest BCUT2D eigenvalue weighted by Crippen LogP contribution is -2.12. The Hall–Kier alpha value is -2.70. The zero-order valence-corrected chi connectivity index (χ0v) is 13.3. The van der Waals surface area contributed by atoms with Crippen molar-refractivity contribution < 1.29 is 14.1 Å². The highest BCUT2D eigenvalue weighted by Crippen LogP contribution is 2.14. The second-order valence-corrected chi connectivity index (χ2v) is 5.16. The summed E-state index contributed by atoms with van der Waals surface area (Å²) < 4.78 is 5.09. The Kier molecular flexibility index (Phi) is 5.85. The zero-order valence-electron chi connectivity index (χ0n) is 13.3.